The third-order valence-corrected chi connectivity index (χ3v) is 9.16. The molecular formula is C21H20Cl2N4O4S2. The summed E-state index contributed by atoms with van der Waals surface area (Å²) in [5.41, 5.74) is 3.92. The van der Waals surface area contributed by atoms with Gasteiger partial charge in [0.2, 0.25) is 11.8 Å². The van der Waals surface area contributed by atoms with Crippen molar-refractivity contribution < 1.29 is 17.9 Å². The molecule has 0 fully saturated rings. The van der Waals surface area contributed by atoms with Gasteiger partial charge < -0.3 is 10.1 Å². The van der Waals surface area contributed by atoms with Crippen molar-refractivity contribution in [3.05, 3.63) is 57.3 Å². The van der Waals surface area contributed by atoms with Gasteiger partial charge >= 0.3 is 0 Å². The number of aryl methyl sites for hydroxylation is 1. The highest BCUT2D eigenvalue weighted by Gasteiger charge is 2.24. The molecule has 4 rings (SSSR count). The Kier molecular flexibility index (Phi) is 7.08. The van der Waals surface area contributed by atoms with E-state index in [0.29, 0.717) is 5.88 Å². The fourth-order valence-corrected chi connectivity index (χ4v) is 6.70. The number of hydrogen-bond donors (Lipinski definition) is 1. The summed E-state index contributed by atoms with van der Waals surface area (Å²) in [7, 11) is -2.26. The molecule has 0 bridgehead atoms. The minimum absolute atomic E-state index is 0.0278. The van der Waals surface area contributed by atoms with Gasteiger partial charge in [0.15, 0.2) is 9.84 Å². The van der Waals surface area contributed by atoms with E-state index in [1.54, 1.807) is 19.4 Å². The first-order valence-corrected chi connectivity index (χ1v) is 13.2. The molecule has 0 aliphatic heterocycles. The molecule has 1 aliphatic carbocycles. The summed E-state index contributed by atoms with van der Waals surface area (Å²) in [5, 5.41) is 7.33. The Balaban J connectivity index is 1.46. The number of methoxy groups -OCH3 is 1. The highest BCUT2D eigenvalue weighted by Crippen LogP contribution is 2.35. The summed E-state index contributed by atoms with van der Waals surface area (Å²) in [6, 6.07) is 4.91. The number of nitrogens with zero attached hydrogens (tertiary/aromatic N) is 3. The number of amides is 1. The maximum absolute atomic E-state index is 12.4. The maximum atomic E-state index is 12.4. The zero-order chi connectivity index (χ0) is 23.6. The van der Waals surface area contributed by atoms with Crippen molar-refractivity contribution in [1.82, 2.24) is 20.1 Å². The molecule has 0 saturated heterocycles. The smallest absolute Gasteiger partial charge is 0.235 e. The second kappa shape index (κ2) is 9.84. The lowest BCUT2D eigenvalue weighted by atomic mass is 9.92. The molecular weight excluding hydrogens is 507 g/mol. The third-order valence-electron chi connectivity index (χ3n) is 5.11. The fourth-order valence-electron chi connectivity index (χ4n) is 3.57. The second-order valence-corrected chi connectivity index (χ2v) is 11.6. The summed E-state index contributed by atoms with van der Waals surface area (Å²) in [6.45, 7) is 0.196. The van der Waals surface area contributed by atoms with Gasteiger partial charge in [0.05, 0.1) is 35.9 Å². The van der Waals surface area contributed by atoms with Gasteiger partial charge in [-0.1, -0.05) is 29.3 Å². The Morgan fingerprint density at radius 1 is 1.30 bits per heavy atom. The zero-order valence-electron chi connectivity index (χ0n) is 17.5. The lowest BCUT2D eigenvalue weighted by molar-refractivity contribution is -0.118. The van der Waals surface area contributed by atoms with E-state index in [1.807, 2.05) is 23.0 Å². The van der Waals surface area contributed by atoms with E-state index in [9.17, 15) is 13.2 Å². The van der Waals surface area contributed by atoms with Crippen molar-refractivity contribution in [1.29, 1.82) is 0 Å². The number of aromatic nitrogens is 3. The van der Waals surface area contributed by atoms with Gasteiger partial charge in [-0.2, -0.15) is 5.10 Å². The van der Waals surface area contributed by atoms with Crippen molar-refractivity contribution in [3.63, 3.8) is 0 Å². The van der Waals surface area contributed by atoms with Crippen LogP contribution < -0.4 is 10.1 Å². The molecule has 8 nitrogen and oxygen atoms in total. The van der Waals surface area contributed by atoms with Gasteiger partial charge in [-0.15, -0.1) is 11.3 Å². The number of sulfone groups is 1. The molecule has 0 radical (unpaired) electrons. The Hall–Kier alpha value is -2.40. The molecule has 12 heteroatoms. The Labute approximate surface area is 205 Å². The van der Waals surface area contributed by atoms with Gasteiger partial charge in [0.25, 0.3) is 0 Å². The van der Waals surface area contributed by atoms with Crippen molar-refractivity contribution in [2.24, 2.45) is 0 Å². The van der Waals surface area contributed by atoms with Crippen molar-refractivity contribution in [2.45, 2.75) is 23.5 Å². The summed E-state index contributed by atoms with van der Waals surface area (Å²) in [5.74, 6) is -0.763. The van der Waals surface area contributed by atoms with Gasteiger partial charge in [0.1, 0.15) is 14.3 Å². The summed E-state index contributed by atoms with van der Waals surface area (Å²) in [6.07, 6.45) is 8.13. The van der Waals surface area contributed by atoms with Gasteiger partial charge in [-0.25, -0.2) is 18.1 Å². The fraction of sp³-hybridized carbons (Fsp3) is 0.286. The van der Waals surface area contributed by atoms with Crippen LogP contribution in [0.4, 0.5) is 0 Å². The predicted molar refractivity (Wildman–Crippen MR) is 128 cm³/mol. The SMILES string of the molecule is COc1ccc(-n2ncc3c2/C(=C/CNC(=O)CS(=O)(=O)c2cc(Cl)c(Cl)s2)CCC3)cn1. The molecule has 0 unspecified atom stereocenters. The summed E-state index contributed by atoms with van der Waals surface area (Å²) >= 11 is 12.5. The molecule has 1 N–H and O–H groups in total. The number of nitrogens with one attached hydrogen (secondary N) is 1. The number of ether oxygens (including phenoxy) is 1. The van der Waals surface area contributed by atoms with Crippen molar-refractivity contribution in [3.8, 4) is 11.6 Å². The van der Waals surface area contributed by atoms with Crippen LogP contribution in [0.15, 0.2) is 40.9 Å². The lowest BCUT2D eigenvalue weighted by Gasteiger charge is -2.18. The number of hydrogen-bond acceptors (Lipinski definition) is 7. The van der Waals surface area contributed by atoms with Crippen LogP contribution >= 0.6 is 34.5 Å². The van der Waals surface area contributed by atoms with E-state index in [4.69, 9.17) is 27.9 Å². The van der Waals surface area contributed by atoms with Crippen LogP contribution in [0.2, 0.25) is 9.36 Å². The monoisotopic (exact) mass is 526 g/mol. The standard InChI is InChI=1S/C21H20Cl2N4O4S2/c1-31-18-6-5-15(11-25-18)27-20-13(3-2-4-14(20)10-26-27)7-8-24-17(28)12-33(29,30)19-9-16(22)21(23)32-19/h5-7,9-11H,2-4,8,12H2,1H3,(H,24,28)/b13-7+. The molecule has 0 aromatic carbocycles. The number of halogens is 2. The van der Waals surface area contributed by atoms with E-state index < -0.39 is 21.5 Å². The van der Waals surface area contributed by atoms with Crippen LogP contribution in [-0.4, -0.2) is 48.5 Å². The van der Waals surface area contributed by atoms with Crippen LogP contribution in [0.3, 0.4) is 0 Å². The molecule has 3 heterocycles. The third kappa shape index (κ3) is 5.24. The Morgan fingerprint density at radius 2 is 2.12 bits per heavy atom. The molecule has 0 spiro atoms. The minimum atomic E-state index is -3.82. The molecule has 0 saturated carbocycles. The van der Waals surface area contributed by atoms with Gasteiger partial charge in [-0.3, -0.25) is 4.79 Å². The normalized spacial score (nSPS) is 14.8. The highest BCUT2D eigenvalue weighted by molar-refractivity contribution is 7.94. The average molecular weight is 527 g/mol. The number of allylic oxidation sites excluding steroid dienone is 1. The van der Waals surface area contributed by atoms with E-state index in [0.717, 1.165) is 53.1 Å². The molecule has 0 atom stereocenters. The van der Waals surface area contributed by atoms with E-state index >= 15 is 0 Å². The van der Waals surface area contributed by atoms with Crippen LogP contribution in [0.1, 0.15) is 24.1 Å². The molecule has 3 aromatic heterocycles. The van der Waals surface area contributed by atoms with E-state index in [-0.39, 0.29) is 20.1 Å². The largest absolute Gasteiger partial charge is 0.481 e. The Morgan fingerprint density at radius 3 is 2.79 bits per heavy atom. The van der Waals surface area contributed by atoms with Gasteiger partial charge in [-0.05, 0) is 42.5 Å². The quantitative estimate of drug-likeness (QED) is 0.499. The number of thiophene rings is 1. The van der Waals surface area contributed by atoms with Gasteiger partial charge in [0, 0.05) is 12.6 Å². The van der Waals surface area contributed by atoms with Crippen LogP contribution in [0.25, 0.3) is 11.3 Å². The predicted octanol–water partition coefficient (Wildman–Crippen LogP) is 3.95. The highest BCUT2D eigenvalue weighted by atomic mass is 35.5. The molecule has 3 aromatic rings. The number of rotatable bonds is 7. The first kappa shape index (κ1) is 23.7. The van der Waals surface area contributed by atoms with Crippen LogP contribution in [0, 0.1) is 0 Å². The summed E-state index contributed by atoms with van der Waals surface area (Å²) < 4.78 is 32.0. The second-order valence-electron chi connectivity index (χ2n) is 7.32. The van der Waals surface area contributed by atoms with Crippen molar-refractivity contribution >= 4 is 55.9 Å². The number of carbonyl (C=O) groups is 1. The molecule has 174 valence electrons. The Bertz CT molecular complexity index is 1290. The van der Waals surface area contributed by atoms with E-state index in [2.05, 4.69) is 15.4 Å². The average Bonchev–Trinajstić information content (AvgIpc) is 3.38. The topological polar surface area (TPSA) is 103 Å². The van der Waals surface area contributed by atoms with Crippen LogP contribution in [-0.2, 0) is 21.1 Å². The first-order chi connectivity index (χ1) is 15.8. The van der Waals surface area contributed by atoms with Crippen molar-refractivity contribution in [2.75, 3.05) is 19.4 Å². The summed E-state index contributed by atoms with van der Waals surface area (Å²) in [4.78, 5) is 16.5. The van der Waals surface area contributed by atoms with E-state index in [1.165, 1.54) is 6.07 Å². The lowest BCUT2D eigenvalue weighted by Crippen LogP contribution is -2.30. The minimum Gasteiger partial charge on any atom is -0.481 e. The zero-order valence-corrected chi connectivity index (χ0v) is 20.7. The maximum Gasteiger partial charge on any atom is 0.235 e. The number of fused-ring (bicyclic) bond motifs is 1. The number of carbonyl (C=O) groups excluding carboxylic acids is 1. The first-order valence-electron chi connectivity index (χ1n) is 9.99. The molecule has 1 aliphatic rings. The molecule has 1 amide bonds. The van der Waals surface area contributed by atoms with Crippen LogP contribution in [0.5, 0.6) is 5.88 Å². The molecule has 33 heavy (non-hydrogen) atoms. The number of pyridine rings is 1.